The third kappa shape index (κ3) is 1.89. The summed E-state index contributed by atoms with van der Waals surface area (Å²) in [5.41, 5.74) is 0. The summed E-state index contributed by atoms with van der Waals surface area (Å²) >= 11 is 0. The fourth-order valence-electron chi connectivity index (χ4n) is 0.627. The minimum absolute atomic E-state index is 0.491. The Morgan fingerprint density at radius 1 is 1.55 bits per heavy atom. The zero-order valence-corrected chi connectivity index (χ0v) is 5.60. The lowest BCUT2D eigenvalue weighted by Gasteiger charge is -1.94. The van der Waals surface area contributed by atoms with Crippen molar-refractivity contribution in [2.24, 2.45) is 0 Å². The highest BCUT2D eigenvalue weighted by molar-refractivity contribution is 5.94. The SMILES string of the molecule is O=C(O)CC(=O)n1ccnc1. The third-order valence-electron chi connectivity index (χ3n) is 1.09. The fourth-order valence-corrected chi connectivity index (χ4v) is 0.627. The molecule has 0 saturated carbocycles. The van der Waals surface area contributed by atoms with E-state index >= 15 is 0 Å². The summed E-state index contributed by atoms with van der Waals surface area (Å²) in [6, 6.07) is 0. The number of hydrogen-bond donors (Lipinski definition) is 1. The van der Waals surface area contributed by atoms with Gasteiger partial charge < -0.3 is 5.11 Å². The van der Waals surface area contributed by atoms with Gasteiger partial charge >= 0.3 is 5.97 Å². The van der Waals surface area contributed by atoms with Crippen LogP contribution in [0, 0.1) is 0 Å². The number of aromatic nitrogens is 2. The van der Waals surface area contributed by atoms with E-state index in [0.717, 1.165) is 4.57 Å². The number of nitrogens with zero attached hydrogens (tertiary/aromatic N) is 2. The zero-order chi connectivity index (χ0) is 8.27. The Labute approximate surface area is 62.3 Å². The van der Waals surface area contributed by atoms with Gasteiger partial charge in [-0.2, -0.15) is 0 Å². The molecular weight excluding hydrogens is 148 g/mol. The lowest BCUT2D eigenvalue weighted by molar-refractivity contribution is -0.136. The Kier molecular flexibility index (Phi) is 2.00. The van der Waals surface area contributed by atoms with Gasteiger partial charge in [0.15, 0.2) is 0 Å². The van der Waals surface area contributed by atoms with Crippen LogP contribution in [0.3, 0.4) is 0 Å². The van der Waals surface area contributed by atoms with Crippen LogP contribution >= 0.6 is 0 Å². The Bertz CT molecular complexity index is 265. The van der Waals surface area contributed by atoms with Gasteiger partial charge in [0.2, 0.25) is 5.91 Å². The second kappa shape index (κ2) is 2.96. The maximum absolute atomic E-state index is 10.9. The molecule has 0 fully saturated rings. The van der Waals surface area contributed by atoms with E-state index < -0.39 is 18.3 Å². The van der Waals surface area contributed by atoms with Crippen molar-refractivity contribution in [2.45, 2.75) is 6.42 Å². The van der Waals surface area contributed by atoms with Crippen molar-refractivity contribution in [3.63, 3.8) is 0 Å². The van der Waals surface area contributed by atoms with Crippen molar-refractivity contribution in [3.8, 4) is 0 Å². The van der Waals surface area contributed by atoms with Gasteiger partial charge in [-0.1, -0.05) is 0 Å². The molecule has 0 aromatic carbocycles. The fraction of sp³-hybridized carbons (Fsp3) is 0.167. The predicted octanol–water partition coefficient (Wildman–Crippen LogP) is -0.00200. The largest absolute Gasteiger partial charge is 0.481 e. The van der Waals surface area contributed by atoms with Crippen molar-refractivity contribution in [1.29, 1.82) is 0 Å². The second-order valence-corrected chi connectivity index (χ2v) is 1.93. The molecule has 1 aromatic heterocycles. The summed E-state index contributed by atoms with van der Waals surface area (Å²) in [6.45, 7) is 0. The molecule has 0 bridgehead atoms. The highest BCUT2D eigenvalue weighted by atomic mass is 16.4. The normalized spacial score (nSPS) is 9.45. The van der Waals surface area contributed by atoms with Crippen molar-refractivity contribution in [1.82, 2.24) is 9.55 Å². The van der Waals surface area contributed by atoms with Crippen LogP contribution in [0.4, 0.5) is 0 Å². The van der Waals surface area contributed by atoms with Crippen LogP contribution in [-0.2, 0) is 4.79 Å². The van der Waals surface area contributed by atoms with E-state index in [1.165, 1.54) is 18.7 Å². The average molecular weight is 154 g/mol. The number of hydrogen-bond acceptors (Lipinski definition) is 3. The summed E-state index contributed by atoms with van der Waals surface area (Å²) < 4.78 is 1.13. The number of carboxylic acids is 1. The summed E-state index contributed by atoms with van der Waals surface area (Å²) in [7, 11) is 0. The minimum atomic E-state index is -1.14. The van der Waals surface area contributed by atoms with Crippen LogP contribution in [0.1, 0.15) is 11.2 Å². The number of imidazole rings is 1. The van der Waals surface area contributed by atoms with Crippen molar-refractivity contribution in [2.75, 3.05) is 0 Å². The van der Waals surface area contributed by atoms with Crippen molar-refractivity contribution >= 4 is 11.9 Å². The van der Waals surface area contributed by atoms with Gasteiger partial charge in [-0.15, -0.1) is 0 Å². The number of rotatable bonds is 2. The minimum Gasteiger partial charge on any atom is -0.481 e. The molecule has 1 aromatic rings. The lowest BCUT2D eigenvalue weighted by atomic mass is 10.4. The van der Waals surface area contributed by atoms with E-state index in [4.69, 9.17) is 5.11 Å². The van der Waals surface area contributed by atoms with Crippen LogP contribution < -0.4 is 0 Å². The molecule has 1 heterocycles. The van der Waals surface area contributed by atoms with Gasteiger partial charge in [-0.05, 0) is 0 Å². The number of carbonyl (C=O) groups excluding carboxylic acids is 1. The topological polar surface area (TPSA) is 72.2 Å². The van der Waals surface area contributed by atoms with E-state index in [9.17, 15) is 9.59 Å². The number of carboxylic acid groups (broad SMARTS) is 1. The van der Waals surface area contributed by atoms with Gasteiger partial charge in [0.25, 0.3) is 0 Å². The molecule has 0 aliphatic heterocycles. The molecule has 0 amide bonds. The maximum Gasteiger partial charge on any atom is 0.312 e. The second-order valence-electron chi connectivity index (χ2n) is 1.93. The Morgan fingerprint density at radius 2 is 2.27 bits per heavy atom. The molecule has 0 atom stereocenters. The van der Waals surface area contributed by atoms with E-state index in [2.05, 4.69) is 4.98 Å². The van der Waals surface area contributed by atoms with E-state index in [-0.39, 0.29) is 0 Å². The van der Waals surface area contributed by atoms with Crippen molar-refractivity contribution in [3.05, 3.63) is 18.7 Å². The number of carbonyl (C=O) groups is 2. The molecule has 58 valence electrons. The van der Waals surface area contributed by atoms with Crippen LogP contribution in [0.2, 0.25) is 0 Å². The smallest absolute Gasteiger partial charge is 0.312 e. The van der Waals surface area contributed by atoms with Crippen LogP contribution in [0.5, 0.6) is 0 Å². The average Bonchev–Trinajstić information content (AvgIpc) is 2.35. The first-order valence-corrected chi connectivity index (χ1v) is 2.93. The first-order valence-electron chi connectivity index (χ1n) is 2.93. The molecule has 0 unspecified atom stereocenters. The van der Waals surface area contributed by atoms with Gasteiger partial charge in [0.1, 0.15) is 12.7 Å². The molecule has 0 aliphatic rings. The molecule has 0 saturated heterocycles. The first-order chi connectivity index (χ1) is 5.20. The quantitative estimate of drug-likeness (QED) is 0.608. The molecule has 0 radical (unpaired) electrons. The monoisotopic (exact) mass is 154 g/mol. The van der Waals surface area contributed by atoms with Gasteiger partial charge in [0, 0.05) is 12.4 Å². The Morgan fingerprint density at radius 3 is 2.73 bits per heavy atom. The van der Waals surface area contributed by atoms with E-state index in [1.807, 2.05) is 0 Å². The molecular formula is C6H6N2O3. The molecule has 0 aliphatic carbocycles. The molecule has 0 spiro atoms. The highest BCUT2D eigenvalue weighted by Gasteiger charge is 2.08. The summed E-state index contributed by atoms with van der Waals surface area (Å²) in [5.74, 6) is -1.63. The summed E-state index contributed by atoms with van der Waals surface area (Å²) in [4.78, 5) is 24.5. The van der Waals surface area contributed by atoms with E-state index in [1.54, 1.807) is 0 Å². The molecule has 5 nitrogen and oxygen atoms in total. The predicted molar refractivity (Wildman–Crippen MR) is 35.1 cm³/mol. The molecule has 1 N–H and O–H groups in total. The van der Waals surface area contributed by atoms with Gasteiger partial charge in [-0.25, -0.2) is 4.98 Å². The van der Waals surface area contributed by atoms with Crippen LogP contribution in [-0.4, -0.2) is 26.5 Å². The standard InChI is InChI=1S/C6H6N2O3/c9-5(3-6(10)11)8-2-1-7-4-8/h1-2,4H,3H2,(H,10,11). The van der Waals surface area contributed by atoms with Crippen LogP contribution in [0.15, 0.2) is 18.7 Å². The zero-order valence-electron chi connectivity index (χ0n) is 5.60. The summed E-state index contributed by atoms with van der Waals surface area (Å²) in [5, 5.41) is 8.23. The molecule has 1 rings (SSSR count). The van der Waals surface area contributed by atoms with Gasteiger partial charge in [-0.3, -0.25) is 14.2 Å². The van der Waals surface area contributed by atoms with Crippen molar-refractivity contribution < 1.29 is 14.7 Å². The highest BCUT2D eigenvalue weighted by Crippen LogP contribution is 1.90. The molecule has 11 heavy (non-hydrogen) atoms. The number of aliphatic carboxylic acids is 1. The summed E-state index contributed by atoms with van der Waals surface area (Å²) in [6.07, 6.45) is 3.59. The van der Waals surface area contributed by atoms with E-state index in [0.29, 0.717) is 0 Å². The maximum atomic E-state index is 10.9. The van der Waals surface area contributed by atoms with Crippen LogP contribution in [0.25, 0.3) is 0 Å². The third-order valence-corrected chi connectivity index (χ3v) is 1.09. The Balaban J connectivity index is 2.64. The first kappa shape index (κ1) is 7.46. The molecule has 5 heteroatoms. The van der Waals surface area contributed by atoms with Gasteiger partial charge in [0.05, 0.1) is 0 Å². The lowest BCUT2D eigenvalue weighted by Crippen LogP contribution is -2.13. The Hall–Kier alpha value is -1.65.